The van der Waals surface area contributed by atoms with Crippen molar-refractivity contribution in [3.8, 4) is 5.69 Å². The Kier molecular flexibility index (Phi) is 6.09. The Morgan fingerprint density at radius 2 is 2.12 bits per heavy atom. The highest BCUT2D eigenvalue weighted by molar-refractivity contribution is 8.00. The average Bonchev–Trinajstić information content (AvgIpc) is 3.01. The maximum absolute atomic E-state index is 13.2. The second kappa shape index (κ2) is 8.31. The van der Waals surface area contributed by atoms with Crippen molar-refractivity contribution < 1.29 is 9.53 Å². The molecule has 0 saturated heterocycles. The fourth-order valence-electron chi connectivity index (χ4n) is 2.84. The Morgan fingerprint density at radius 1 is 1.38 bits per heavy atom. The van der Waals surface area contributed by atoms with Crippen LogP contribution < -0.4 is 5.56 Å². The number of hydrogen-bond donors (Lipinski definition) is 0. The minimum atomic E-state index is -0.388. The van der Waals surface area contributed by atoms with Gasteiger partial charge in [-0.25, -0.2) is 4.98 Å². The van der Waals surface area contributed by atoms with Gasteiger partial charge >= 0.3 is 5.97 Å². The van der Waals surface area contributed by atoms with E-state index in [1.807, 2.05) is 37.3 Å². The van der Waals surface area contributed by atoms with Gasteiger partial charge in [0.15, 0.2) is 5.16 Å². The van der Waals surface area contributed by atoms with Gasteiger partial charge in [-0.05, 0) is 25.5 Å². The first-order valence-corrected chi connectivity index (χ1v) is 10.5. The van der Waals surface area contributed by atoms with Gasteiger partial charge in [0.1, 0.15) is 5.25 Å². The molecule has 0 bridgehead atoms. The van der Waals surface area contributed by atoms with E-state index < -0.39 is 0 Å². The third kappa shape index (κ3) is 3.83. The van der Waals surface area contributed by atoms with Gasteiger partial charge in [-0.2, -0.15) is 0 Å². The van der Waals surface area contributed by atoms with Crippen LogP contribution >= 0.6 is 23.5 Å². The van der Waals surface area contributed by atoms with E-state index in [0.717, 1.165) is 22.7 Å². The summed E-state index contributed by atoms with van der Waals surface area (Å²) in [4.78, 5) is 30.9. The first kappa shape index (κ1) is 19.0. The SMILES string of the molecule is CCOC(=O)[C@@H](CC)Sc1nc2c(c(=O)n1-c1ccccc1)S[C@@H](C)C2. The number of para-hydroxylation sites is 1. The van der Waals surface area contributed by atoms with Crippen LogP contribution in [0.1, 0.15) is 32.9 Å². The fraction of sp³-hybridized carbons (Fsp3) is 0.421. The van der Waals surface area contributed by atoms with E-state index in [4.69, 9.17) is 9.72 Å². The second-order valence-corrected chi connectivity index (χ2v) is 8.66. The summed E-state index contributed by atoms with van der Waals surface area (Å²) in [6, 6.07) is 9.46. The third-order valence-corrected chi connectivity index (χ3v) is 6.57. The van der Waals surface area contributed by atoms with Gasteiger partial charge < -0.3 is 4.74 Å². The zero-order valence-electron chi connectivity index (χ0n) is 15.1. The van der Waals surface area contributed by atoms with Crippen molar-refractivity contribution in [1.29, 1.82) is 0 Å². The molecule has 0 N–H and O–H groups in total. The molecule has 138 valence electrons. The van der Waals surface area contributed by atoms with Crippen molar-refractivity contribution in [3.05, 3.63) is 46.4 Å². The summed E-state index contributed by atoms with van der Waals surface area (Å²) in [5.41, 5.74) is 1.53. The number of hydrogen-bond acceptors (Lipinski definition) is 6. The standard InChI is InChI=1S/C19H22N2O3S2/c1-4-15(18(23)24-5-2)26-19-20-14-11-12(3)25-16(14)17(22)21(19)13-9-7-6-8-10-13/h6-10,12,15H,4-5,11H2,1-3H3/t12-,15+/m0/s1. The highest BCUT2D eigenvalue weighted by Crippen LogP contribution is 2.36. The molecule has 0 radical (unpaired) electrons. The predicted molar refractivity (Wildman–Crippen MR) is 105 cm³/mol. The summed E-state index contributed by atoms with van der Waals surface area (Å²) < 4.78 is 6.80. The Labute approximate surface area is 161 Å². The Morgan fingerprint density at radius 3 is 2.77 bits per heavy atom. The van der Waals surface area contributed by atoms with Crippen LogP contribution in [0, 0.1) is 0 Å². The smallest absolute Gasteiger partial charge is 0.319 e. The minimum absolute atomic E-state index is 0.0586. The molecular formula is C19H22N2O3S2. The molecule has 0 fully saturated rings. The Bertz CT molecular complexity index is 852. The Hall–Kier alpha value is -1.73. The highest BCUT2D eigenvalue weighted by Gasteiger charge is 2.29. The molecule has 2 atom stereocenters. The monoisotopic (exact) mass is 390 g/mol. The van der Waals surface area contributed by atoms with E-state index in [1.54, 1.807) is 23.3 Å². The van der Waals surface area contributed by atoms with E-state index in [0.29, 0.717) is 23.4 Å². The second-order valence-electron chi connectivity index (χ2n) is 6.05. The summed E-state index contributed by atoms with van der Waals surface area (Å²) in [6.45, 7) is 6.17. The van der Waals surface area contributed by atoms with Crippen molar-refractivity contribution in [1.82, 2.24) is 9.55 Å². The number of fused-ring (bicyclic) bond motifs is 1. The van der Waals surface area contributed by atoms with Crippen LogP contribution in [0.25, 0.3) is 5.69 Å². The molecule has 0 saturated carbocycles. The van der Waals surface area contributed by atoms with Crippen LogP contribution in [-0.2, 0) is 16.0 Å². The number of ether oxygens (including phenoxy) is 1. The molecule has 7 heteroatoms. The van der Waals surface area contributed by atoms with E-state index in [-0.39, 0.29) is 16.8 Å². The van der Waals surface area contributed by atoms with Crippen molar-refractivity contribution in [2.24, 2.45) is 0 Å². The molecule has 0 unspecified atom stereocenters. The number of rotatable bonds is 6. The fourth-order valence-corrected chi connectivity index (χ4v) is 4.99. The van der Waals surface area contributed by atoms with E-state index in [1.165, 1.54) is 11.8 Å². The number of aromatic nitrogens is 2. The molecule has 3 rings (SSSR count). The molecule has 0 amide bonds. The molecule has 1 aliphatic rings. The summed E-state index contributed by atoms with van der Waals surface area (Å²) in [7, 11) is 0. The van der Waals surface area contributed by atoms with Crippen LogP contribution in [0.15, 0.2) is 45.2 Å². The first-order valence-electron chi connectivity index (χ1n) is 8.76. The van der Waals surface area contributed by atoms with Gasteiger partial charge in [-0.15, -0.1) is 11.8 Å². The molecule has 1 aromatic carbocycles. The highest BCUT2D eigenvalue weighted by atomic mass is 32.2. The van der Waals surface area contributed by atoms with Crippen LogP contribution in [0.2, 0.25) is 0 Å². The summed E-state index contributed by atoms with van der Waals surface area (Å²) >= 11 is 2.89. The number of carbonyl (C=O) groups is 1. The molecule has 0 aliphatic carbocycles. The Balaban J connectivity index is 2.09. The zero-order valence-corrected chi connectivity index (χ0v) is 16.7. The molecule has 0 spiro atoms. The maximum Gasteiger partial charge on any atom is 0.319 e. The minimum Gasteiger partial charge on any atom is -0.465 e. The number of nitrogens with zero attached hydrogens (tertiary/aromatic N) is 2. The van der Waals surface area contributed by atoms with Gasteiger partial charge in [0.25, 0.3) is 5.56 Å². The molecule has 5 nitrogen and oxygen atoms in total. The van der Waals surface area contributed by atoms with E-state index >= 15 is 0 Å². The number of thioether (sulfide) groups is 2. The van der Waals surface area contributed by atoms with Gasteiger partial charge in [-0.3, -0.25) is 14.2 Å². The van der Waals surface area contributed by atoms with Crippen LogP contribution in [-0.4, -0.2) is 32.6 Å². The number of benzene rings is 1. The van der Waals surface area contributed by atoms with Crippen LogP contribution in [0.4, 0.5) is 0 Å². The van der Waals surface area contributed by atoms with Crippen molar-refractivity contribution in [3.63, 3.8) is 0 Å². The summed E-state index contributed by atoms with van der Waals surface area (Å²) in [6.07, 6.45) is 1.38. The topological polar surface area (TPSA) is 61.2 Å². The largest absolute Gasteiger partial charge is 0.465 e. The lowest BCUT2D eigenvalue weighted by atomic mass is 10.2. The van der Waals surface area contributed by atoms with E-state index in [9.17, 15) is 9.59 Å². The molecule has 2 aromatic rings. The van der Waals surface area contributed by atoms with Gasteiger partial charge in [0, 0.05) is 11.7 Å². The van der Waals surface area contributed by atoms with Crippen molar-refractivity contribution in [2.45, 2.75) is 54.2 Å². The predicted octanol–water partition coefficient (Wildman–Crippen LogP) is 3.70. The average molecular weight is 391 g/mol. The summed E-state index contributed by atoms with van der Waals surface area (Å²) in [5.74, 6) is -0.267. The lowest BCUT2D eigenvalue weighted by Gasteiger charge is -2.17. The molecule has 2 heterocycles. The first-order chi connectivity index (χ1) is 12.5. The lowest BCUT2D eigenvalue weighted by molar-refractivity contribution is -0.142. The van der Waals surface area contributed by atoms with E-state index in [2.05, 4.69) is 6.92 Å². The molecule has 1 aromatic heterocycles. The normalized spacial score (nSPS) is 17.0. The van der Waals surface area contributed by atoms with Crippen LogP contribution in [0.3, 0.4) is 0 Å². The maximum atomic E-state index is 13.2. The number of esters is 1. The number of carbonyl (C=O) groups excluding carboxylic acids is 1. The molecular weight excluding hydrogens is 368 g/mol. The van der Waals surface area contributed by atoms with Gasteiger partial charge in [0.05, 0.1) is 22.9 Å². The quantitative estimate of drug-likeness (QED) is 0.426. The third-order valence-electron chi connectivity index (χ3n) is 4.06. The van der Waals surface area contributed by atoms with Gasteiger partial charge in [-0.1, -0.05) is 43.8 Å². The van der Waals surface area contributed by atoms with Gasteiger partial charge in [0.2, 0.25) is 0 Å². The van der Waals surface area contributed by atoms with Crippen molar-refractivity contribution in [2.75, 3.05) is 6.61 Å². The molecule has 26 heavy (non-hydrogen) atoms. The van der Waals surface area contributed by atoms with Crippen molar-refractivity contribution >= 4 is 29.5 Å². The summed E-state index contributed by atoms with van der Waals surface area (Å²) in [5, 5.41) is 0.498. The lowest BCUT2D eigenvalue weighted by Crippen LogP contribution is -2.26. The zero-order chi connectivity index (χ0) is 18.7. The van der Waals surface area contributed by atoms with Crippen LogP contribution in [0.5, 0.6) is 0 Å². The molecule has 1 aliphatic heterocycles.